The molecule has 130 valence electrons. The quantitative estimate of drug-likeness (QED) is 0.568. The summed E-state index contributed by atoms with van der Waals surface area (Å²) < 4.78 is 6.99. The minimum atomic E-state index is -0.0563. The van der Waals surface area contributed by atoms with E-state index >= 15 is 0 Å². The minimum Gasteiger partial charge on any atom is -0.497 e. The van der Waals surface area contributed by atoms with E-state index in [0.717, 1.165) is 11.3 Å². The zero-order valence-electron chi connectivity index (χ0n) is 14.7. The molecule has 1 aromatic heterocycles. The van der Waals surface area contributed by atoms with E-state index in [0.29, 0.717) is 34.7 Å². The molecule has 26 heavy (non-hydrogen) atoms. The molecule has 0 aliphatic rings. The number of aromatic nitrogens is 1. The maximum atomic E-state index is 12.8. The fourth-order valence-corrected chi connectivity index (χ4v) is 2.90. The third-order valence-electron chi connectivity index (χ3n) is 4.44. The molecule has 5 heteroatoms. The van der Waals surface area contributed by atoms with Crippen molar-refractivity contribution in [3.8, 4) is 11.8 Å². The number of nitriles is 1. The molecule has 0 spiro atoms. The van der Waals surface area contributed by atoms with Crippen molar-refractivity contribution in [3.63, 3.8) is 0 Å². The van der Waals surface area contributed by atoms with E-state index in [-0.39, 0.29) is 5.78 Å². The molecule has 0 amide bonds. The van der Waals surface area contributed by atoms with Crippen molar-refractivity contribution in [2.45, 2.75) is 6.42 Å². The molecule has 0 saturated heterocycles. The first-order chi connectivity index (χ1) is 12.5. The highest BCUT2D eigenvalue weighted by atomic mass is 16.5. The summed E-state index contributed by atoms with van der Waals surface area (Å²) in [7, 11) is 3.45. The van der Waals surface area contributed by atoms with Gasteiger partial charge in [-0.25, -0.2) is 0 Å². The number of anilines is 1. The van der Waals surface area contributed by atoms with Gasteiger partial charge in [-0.3, -0.25) is 4.79 Å². The molecule has 0 saturated carbocycles. The molecule has 0 atom stereocenters. The van der Waals surface area contributed by atoms with Crippen LogP contribution < -0.4 is 10.5 Å². The van der Waals surface area contributed by atoms with Crippen LogP contribution in [-0.2, 0) is 13.5 Å². The van der Waals surface area contributed by atoms with E-state index in [4.69, 9.17) is 10.5 Å². The molecule has 0 aliphatic carbocycles. The van der Waals surface area contributed by atoms with Crippen molar-refractivity contribution < 1.29 is 9.53 Å². The Hall–Kier alpha value is -3.52. The number of nitrogens with two attached hydrogens (primary N) is 1. The summed E-state index contributed by atoms with van der Waals surface area (Å²) >= 11 is 0. The summed E-state index contributed by atoms with van der Waals surface area (Å²) in [5.74, 6) is 0.653. The third-order valence-corrected chi connectivity index (χ3v) is 4.44. The monoisotopic (exact) mass is 345 g/mol. The Morgan fingerprint density at radius 1 is 1.15 bits per heavy atom. The Bertz CT molecular complexity index is 995. The lowest BCUT2D eigenvalue weighted by molar-refractivity contribution is 0.103. The van der Waals surface area contributed by atoms with Gasteiger partial charge in [-0.2, -0.15) is 5.26 Å². The second kappa shape index (κ2) is 7.16. The SMILES string of the molecule is COc1ccc(C(=O)c2ccc(Cc3ccc(N)cc3C#N)n2C)cc1. The van der Waals surface area contributed by atoms with Crippen molar-refractivity contribution in [2.24, 2.45) is 7.05 Å². The fourth-order valence-electron chi connectivity index (χ4n) is 2.90. The molecular formula is C21H19N3O2. The molecule has 1 heterocycles. The largest absolute Gasteiger partial charge is 0.497 e. The Balaban J connectivity index is 1.88. The van der Waals surface area contributed by atoms with Gasteiger partial charge in [-0.05, 0) is 54.1 Å². The van der Waals surface area contributed by atoms with Crippen molar-refractivity contribution in [1.29, 1.82) is 5.26 Å². The molecular weight excluding hydrogens is 326 g/mol. The lowest BCUT2D eigenvalue weighted by Crippen LogP contribution is -2.10. The van der Waals surface area contributed by atoms with Gasteiger partial charge < -0.3 is 15.0 Å². The van der Waals surface area contributed by atoms with E-state index < -0.39 is 0 Å². The van der Waals surface area contributed by atoms with Crippen molar-refractivity contribution in [1.82, 2.24) is 4.57 Å². The summed E-state index contributed by atoms with van der Waals surface area (Å²) in [4.78, 5) is 12.8. The highest BCUT2D eigenvalue weighted by Crippen LogP contribution is 2.20. The number of carbonyl (C=O) groups excluding carboxylic acids is 1. The highest BCUT2D eigenvalue weighted by Gasteiger charge is 2.16. The van der Waals surface area contributed by atoms with Crippen LogP contribution in [0.1, 0.15) is 32.9 Å². The number of hydrogen-bond acceptors (Lipinski definition) is 4. The van der Waals surface area contributed by atoms with Gasteiger partial charge in [-0.15, -0.1) is 0 Å². The van der Waals surface area contributed by atoms with Crippen LogP contribution in [0.25, 0.3) is 0 Å². The number of carbonyl (C=O) groups is 1. The van der Waals surface area contributed by atoms with Gasteiger partial charge in [0.25, 0.3) is 0 Å². The van der Waals surface area contributed by atoms with Crippen molar-refractivity contribution in [3.05, 3.63) is 82.7 Å². The van der Waals surface area contributed by atoms with Crippen LogP contribution in [-0.4, -0.2) is 17.5 Å². The van der Waals surface area contributed by atoms with E-state index in [2.05, 4.69) is 6.07 Å². The van der Waals surface area contributed by atoms with E-state index in [9.17, 15) is 10.1 Å². The number of ketones is 1. The Morgan fingerprint density at radius 3 is 2.54 bits per heavy atom. The van der Waals surface area contributed by atoms with Gasteiger partial charge >= 0.3 is 0 Å². The van der Waals surface area contributed by atoms with Crippen molar-refractivity contribution >= 4 is 11.5 Å². The summed E-state index contributed by atoms with van der Waals surface area (Å²) in [6.07, 6.45) is 0.551. The number of ether oxygens (including phenoxy) is 1. The molecule has 0 fully saturated rings. The van der Waals surface area contributed by atoms with E-state index in [1.165, 1.54) is 0 Å². The molecule has 0 radical (unpaired) electrons. The van der Waals surface area contributed by atoms with Gasteiger partial charge in [0.1, 0.15) is 5.75 Å². The smallest absolute Gasteiger partial charge is 0.209 e. The number of rotatable bonds is 5. The van der Waals surface area contributed by atoms with Crippen LogP contribution in [0.3, 0.4) is 0 Å². The van der Waals surface area contributed by atoms with Crippen LogP contribution in [0.5, 0.6) is 5.75 Å². The van der Waals surface area contributed by atoms with E-state index in [1.54, 1.807) is 43.5 Å². The molecule has 5 nitrogen and oxygen atoms in total. The molecule has 0 bridgehead atoms. The normalized spacial score (nSPS) is 10.3. The lowest BCUT2D eigenvalue weighted by Gasteiger charge is -2.09. The first-order valence-corrected chi connectivity index (χ1v) is 8.15. The van der Waals surface area contributed by atoms with Crippen LogP contribution in [0.4, 0.5) is 5.69 Å². The molecule has 3 aromatic rings. The Kier molecular flexibility index (Phi) is 4.76. The summed E-state index contributed by atoms with van der Waals surface area (Å²) in [5.41, 5.74) is 9.88. The Morgan fingerprint density at radius 2 is 1.88 bits per heavy atom. The highest BCUT2D eigenvalue weighted by molar-refractivity contribution is 6.08. The van der Waals surface area contributed by atoms with Crippen LogP contribution in [0, 0.1) is 11.3 Å². The summed E-state index contributed by atoms with van der Waals surface area (Å²) in [5, 5.41) is 9.30. The first-order valence-electron chi connectivity index (χ1n) is 8.15. The van der Waals surface area contributed by atoms with Gasteiger partial charge in [0, 0.05) is 30.4 Å². The van der Waals surface area contributed by atoms with Crippen LogP contribution in [0.2, 0.25) is 0 Å². The maximum absolute atomic E-state index is 12.8. The molecule has 2 N–H and O–H groups in total. The fraction of sp³-hybridized carbons (Fsp3) is 0.143. The van der Waals surface area contributed by atoms with Crippen LogP contribution in [0.15, 0.2) is 54.6 Å². The predicted octanol–water partition coefficient (Wildman–Crippen LogP) is 3.31. The summed E-state index contributed by atoms with van der Waals surface area (Å²) in [6, 6.07) is 18.2. The molecule has 0 aliphatic heterocycles. The average molecular weight is 345 g/mol. The molecule has 2 aromatic carbocycles. The van der Waals surface area contributed by atoms with Gasteiger partial charge in [0.15, 0.2) is 0 Å². The van der Waals surface area contributed by atoms with Gasteiger partial charge in [0.2, 0.25) is 5.78 Å². The number of nitrogen functional groups attached to an aromatic ring is 1. The zero-order valence-corrected chi connectivity index (χ0v) is 14.7. The minimum absolute atomic E-state index is 0.0563. The molecule has 3 rings (SSSR count). The lowest BCUT2D eigenvalue weighted by atomic mass is 10.0. The number of methoxy groups -OCH3 is 1. The average Bonchev–Trinajstić information content (AvgIpc) is 3.03. The predicted molar refractivity (Wildman–Crippen MR) is 100 cm³/mol. The van der Waals surface area contributed by atoms with Gasteiger partial charge in [-0.1, -0.05) is 6.07 Å². The summed E-state index contributed by atoms with van der Waals surface area (Å²) in [6.45, 7) is 0. The standard InChI is InChI=1S/C21H19N3O2/c1-24-18(12-15-3-6-17(23)11-16(15)13-22)7-10-20(24)21(25)14-4-8-19(26-2)9-5-14/h3-11H,12,23H2,1-2H3. The number of nitrogens with zero attached hydrogens (tertiary/aromatic N) is 2. The van der Waals surface area contributed by atoms with Crippen LogP contribution >= 0.6 is 0 Å². The maximum Gasteiger partial charge on any atom is 0.209 e. The first kappa shape index (κ1) is 17.3. The Labute approximate surface area is 152 Å². The topological polar surface area (TPSA) is 81.0 Å². The second-order valence-electron chi connectivity index (χ2n) is 6.03. The number of benzene rings is 2. The molecule has 0 unspecified atom stereocenters. The number of hydrogen-bond donors (Lipinski definition) is 1. The third kappa shape index (κ3) is 3.31. The zero-order chi connectivity index (χ0) is 18.7. The van der Waals surface area contributed by atoms with Gasteiger partial charge in [0.05, 0.1) is 24.4 Å². The van der Waals surface area contributed by atoms with E-state index in [1.807, 2.05) is 29.8 Å². The second-order valence-corrected chi connectivity index (χ2v) is 6.03. The van der Waals surface area contributed by atoms with Crippen molar-refractivity contribution in [2.75, 3.05) is 12.8 Å².